The molecule has 0 radical (unpaired) electrons. The van der Waals surface area contributed by atoms with E-state index in [-0.39, 0.29) is 62.3 Å². The highest BCUT2D eigenvalue weighted by atomic mass is 32.2. The third-order valence-corrected chi connectivity index (χ3v) is 9.17. The molecule has 0 aliphatic carbocycles. The first kappa shape index (κ1) is 32.1. The first-order valence-electron chi connectivity index (χ1n) is 12.2. The summed E-state index contributed by atoms with van der Waals surface area (Å²) in [5, 5.41) is 19.2. The van der Waals surface area contributed by atoms with E-state index in [1.54, 1.807) is 24.3 Å². The average Bonchev–Trinajstić information content (AvgIpc) is 2.88. The topological polar surface area (TPSA) is 142 Å². The highest BCUT2D eigenvalue weighted by Crippen LogP contribution is 2.21. The van der Waals surface area contributed by atoms with Crippen molar-refractivity contribution in [2.75, 3.05) is 52.7 Å². The lowest BCUT2D eigenvalue weighted by Crippen LogP contribution is -2.50. The van der Waals surface area contributed by atoms with E-state index >= 15 is 0 Å². The summed E-state index contributed by atoms with van der Waals surface area (Å²) in [6.07, 6.45) is 1.54. The van der Waals surface area contributed by atoms with Crippen LogP contribution < -0.4 is 4.72 Å². The summed E-state index contributed by atoms with van der Waals surface area (Å²) in [6, 6.07) is 12.7. The van der Waals surface area contributed by atoms with E-state index < -0.39 is 32.3 Å². The molecule has 0 saturated heterocycles. The highest BCUT2D eigenvalue weighted by molar-refractivity contribution is 7.89. The molecule has 12 heteroatoms. The van der Waals surface area contributed by atoms with E-state index in [9.17, 15) is 27.0 Å². The monoisotopic (exact) mass is 570 g/mol. The van der Waals surface area contributed by atoms with E-state index in [2.05, 4.69) is 11.3 Å². The van der Waals surface area contributed by atoms with Crippen molar-refractivity contribution in [3.05, 3.63) is 72.3 Å². The predicted molar refractivity (Wildman–Crippen MR) is 145 cm³/mol. The van der Waals surface area contributed by atoms with Gasteiger partial charge in [0.2, 0.25) is 20.0 Å². The number of nitrogens with zero attached hydrogens (tertiary/aromatic N) is 1. The Hall–Kier alpha value is -2.16. The second-order valence-corrected chi connectivity index (χ2v) is 12.6. The lowest BCUT2D eigenvalue weighted by atomic mass is 10.0. The smallest absolute Gasteiger partial charge is 0.243 e. The molecule has 1 atom stereocenters. The third-order valence-electron chi connectivity index (χ3n) is 5.84. The van der Waals surface area contributed by atoms with Crippen LogP contribution in [0.25, 0.3) is 0 Å². The SMILES string of the molecule is C=CCOCC(CCO)(CNS(=O)(=O)c1ccc(C)cc1)OCCN(CCO)S(=O)(=O)c1ccc(C)cc1. The van der Waals surface area contributed by atoms with Gasteiger partial charge in [-0.25, -0.2) is 21.6 Å². The first-order valence-corrected chi connectivity index (χ1v) is 15.1. The fraction of sp³-hybridized carbons (Fsp3) is 0.462. The summed E-state index contributed by atoms with van der Waals surface area (Å²) in [4.78, 5) is 0.157. The van der Waals surface area contributed by atoms with Crippen LogP contribution in [0.1, 0.15) is 17.5 Å². The zero-order valence-electron chi connectivity index (χ0n) is 21.9. The number of hydrogen-bond donors (Lipinski definition) is 3. The van der Waals surface area contributed by atoms with E-state index in [0.717, 1.165) is 15.4 Å². The number of ether oxygens (including phenoxy) is 2. The van der Waals surface area contributed by atoms with Gasteiger partial charge in [0.15, 0.2) is 0 Å². The van der Waals surface area contributed by atoms with Gasteiger partial charge in [0.25, 0.3) is 0 Å². The minimum atomic E-state index is -3.92. The van der Waals surface area contributed by atoms with Crippen molar-refractivity contribution in [3.63, 3.8) is 0 Å². The van der Waals surface area contributed by atoms with Gasteiger partial charge in [-0.3, -0.25) is 0 Å². The van der Waals surface area contributed by atoms with E-state index in [0.29, 0.717) is 0 Å². The summed E-state index contributed by atoms with van der Waals surface area (Å²) in [7, 11) is -7.82. The van der Waals surface area contributed by atoms with Crippen LogP contribution in [-0.4, -0.2) is 89.6 Å². The molecule has 1 unspecified atom stereocenters. The first-order chi connectivity index (χ1) is 18.0. The summed E-state index contributed by atoms with van der Waals surface area (Å²) in [6.45, 7) is 6.01. The molecule has 2 aromatic carbocycles. The Balaban J connectivity index is 2.22. The van der Waals surface area contributed by atoms with Crippen LogP contribution in [-0.2, 0) is 29.5 Å². The Kier molecular flexibility index (Phi) is 12.5. The Morgan fingerprint density at radius 2 is 1.50 bits per heavy atom. The van der Waals surface area contributed by atoms with Crippen LogP contribution in [0.2, 0.25) is 0 Å². The van der Waals surface area contributed by atoms with Gasteiger partial charge in [-0.2, -0.15) is 4.31 Å². The highest BCUT2D eigenvalue weighted by Gasteiger charge is 2.34. The zero-order valence-corrected chi connectivity index (χ0v) is 23.5. The summed E-state index contributed by atoms with van der Waals surface area (Å²) in [5.74, 6) is 0. The van der Waals surface area contributed by atoms with Crippen molar-refractivity contribution in [2.24, 2.45) is 0 Å². The predicted octanol–water partition coefficient (Wildman–Crippen LogP) is 1.61. The molecule has 0 fully saturated rings. The maximum Gasteiger partial charge on any atom is 0.243 e. The van der Waals surface area contributed by atoms with Crippen LogP contribution in [0, 0.1) is 13.8 Å². The molecule has 0 aliphatic rings. The molecule has 0 aliphatic heterocycles. The Bertz CT molecular complexity index is 1220. The van der Waals surface area contributed by atoms with Gasteiger partial charge < -0.3 is 19.7 Å². The number of aliphatic hydroxyl groups is 2. The Labute approximate surface area is 226 Å². The van der Waals surface area contributed by atoms with Crippen LogP contribution in [0.3, 0.4) is 0 Å². The minimum absolute atomic E-state index is 0.0191. The Morgan fingerprint density at radius 3 is 2.03 bits per heavy atom. The molecule has 0 spiro atoms. The van der Waals surface area contributed by atoms with E-state index in [1.807, 2.05) is 13.8 Å². The number of benzene rings is 2. The fourth-order valence-electron chi connectivity index (χ4n) is 3.62. The molecule has 0 heterocycles. The molecule has 3 N–H and O–H groups in total. The second kappa shape index (κ2) is 14.8. The Morgan fingerprint density at radius 1 is 0.921 bits per heavy atom. The van der Waals surface area contributed by atoms with Crippen molar-refractivity contribution in [1.82, 2.24) is 9.03 Å². The van der Waals surface area contributed by atoms with Gasteiger partial charge in [-0.05, 0) is 38.1 Å². The third kappa shape index (κ3) is 9.24. The number of rotatable bonds is 18. The van der Waals surface area contributed by atoms with Gasteiger partial charge >= 0.3 is 0 Å². The molecule has 0 amide bonds. The van der Waals surface area contributed by atoms with Gasteiger partial charge in [-0.15, -0.1) is 6.58 Å². The molecule has 0 bridgehead atoms. The molecular weight excluding hydrogens is 532 g/mol. The number of aryl methyl sites for hydroxylation is 2. The van der Waals surface area contributed by atoms with Gasteiger partial charge in [0.1, 0.15) is 5.60 Å². The molecule has 2 rings (SSSR count). The zero-order chi connectivity index (χ0) is 28.2. The van der Waals surface area contributed by atoms with Crippen LogP contribution >= 0.6 is 0 Å². The molecule has 0 saturated carbocycles. The molecule has 2 aromatic rings. The van der Waals surface area contributed by atoms with Crippen molar-refractivity contribution < 1.29 is 36.5 Å². The number of hydrogen-bond acceptors (Lipinski definition) is 8. The minimum Gasteiger partial charge on any atom is -0.396 e. The van der Waals surface area contributed by atoms with Gasteiger partial charge in [-0.1, -0.05) is 41.5 Å². The molecule has 0 aromatic heterocycles. The molecular formula is C26H38N2O8S2. The second-order valence-electron chi connectivity index (χ2n) is 8.89. The van der Waals surface area contributed by atoms with Crippen LogP contribution in [0.5, 0.6) is 0 Å². The lowest BCUT2D eigenvalue weighted by Gasteiger charge is -2.34. The average molecular weight is 571 g/mol. The fourth-order valence-corrected chi connectivity index (χ4v) is 6.15. The van der Waals surface area contributed by atoms with Crippen molar-refractivity contribution >= 4 is 20.0 Å². The summed E-state index contributed by atoms with van der Waals surface area (Å²) < 4.78 is 67.4. The standard InChI is InChI=1S/C26H38N2O8S2/c1-4-18-35-21-26(13-16-29,20-27-37(31,32)24-9-5-22(2)6-10-24)36-19-15-28(14-17-30)38(33,34)25-11-7-23(3)8-12-25/h4-12,27,29-30H,1,13-21H2,2-3H3. The molecule has 38 heavy (non-hydrogen) atoms. The number of nitrogens with one attached hydrogen (secondary N) is 1. The summed E-state index contributed by atoms with van der Waals surface area (Å²) in [5.41, 5.74) is 0.517. The van der Waals surface area contributed by atoms with Gasteiger partial charge in [0.05, 0.1) is 36.2 Å². The van der Waals surface area contributed by atoms with Crippen molar-refractivity contribution in [3.8, 4) is 0 Å². The number of aliphatic hydroxyl groups excluding tert-OH is 2. The van der Waals surface area contributed by atoms with Crippen LogP contribution in [0.4, 0.5) is 0 Å². The van der Waals surface area contributed by atoms with Crippen molar-refractivity contribution in [2.45, 2.75) is 35.7 Å². The van der Waals surface area contributed by atoms with E-state index in [4.69, 9.17) is 9.47 Å². The normalized spacial score (nSPS) is 13.9. The lowest BCUT2D eigenvalue weighted by molar-refractivity contribution is -0.102. The maximum absolute atomic E-state index is 13.2. The molecule has 212 valence electrons. The van der Waals surface area contributed by atoms with Crippen LogP contribution in [0.15, 0.2) is 71.0 Å². The molecule has 10 nitrogen and oxygen atoms in total. The maximum atomic E-state index is 13.2. The largest absolute Gasteiger partial charge is 0.396 e. The number of sulfonamides is 2. The van der Waals surface area contributed by atoms with Crippen molar-refractivity contribution in [1.29, 1.82) is 0 Å². The summed E-state index contributed by atoms with van der Waals surface area (Å²) >= 11 is 0. The van der Waals surface area contributed by atoms with E-state index in [1.165, 1.54) is 30.3 Å². The quantitative estimate of drug-likeness (QED) is 0.181. The van der Waals surface area contributed by atoms with Gasteiger partial charge in [0, 0.05) is 32.7 Å².